The minimum atomic E-state index is -3.28. The third kappa shape index (κ3) is 4.93. The lowest BCUT2D eigenvalue weighted by Crippen LogP contribution is -2.34. The van der Waals surface area contributed by atoms with E-state index in [4.69, 9.17) is 4.74 Å². The van der Waals surface area contributed by atoms with Crippen LogP contribution in [0.3, 0.4) is 0 Å². The van der Waals surface area contributed by atoms with Gasteiger partial charge in [0, 0.05) is 20.1 Å². The molecule has 0 saturated carbocycles. The molecule has 0 aliphatic rings. The number of hydrogen-bond donors (Lipinski definition) is 0. The Morgan fingerprint density at radius 3 is 2.10 bits per heavy atom. The summed E-state index contributed by atoms with van der Waals surface area (Å²) in [5.74, 6) is 0.457. The maximum absolute atomic E-state index is 11.8. The summed E-state index contributed by atoms with van der Waals surface area (Å²) < 4.78 is 29.4. The molecular weight excluding hydrogens is 292 g/mol. The molecule has 1 amide bonds. The van der Waals surface area contributed by atoms with Crippen LogP contribution in [-0.4, -0.2) is 52.2 Å². The normalized spacial score (nSPS) is 11.0. The standard InChI is InChI=1S/C14H22N2O4S/c1-5-16(6-2)14(17)11-20-13-9-7-12(8-10-13)15(3)21(4,18)19/h7-10H,5-6,11H2,1-4H3. The number of sulfonamides is 1. The molecule has 1 rings (SSSR count). The van der Waals surface area contributed by atoms with Crippen LogP contribution in [0.2, 0.25) is 0 Å². The first-order valence-corrected chi connectivity index (χ1v) is 8.59. The van der Waals surface area contributed by atoms with Crippen LogP contribution in [0, 0.1) is 0 Å². The third-order valence-corrected chi connectivity index (χ3v) is 4.38. The highest BCUT2D eigenvalue weighted by Gasteiger charge is 2.13. The van der Waals surface area contributed by atoms with Gasteiger partial charge in [0.2, 0.25) is 10.0 Å². The number of ether oxygens (including phenoxy) is 1. The van der Waals surface area contributed by atoms with E-state index in [1.807, 2.05) is 13.8 Å². The van der Waals surface area contributed by atoms with Gasteiger partial charge in [0.1, 0.15) is 5.75 Å². The summed E-state index contributed by atoms with van der Waals surface area (Å²) in [6.07, 6.45) is 1.14. The fourth-order valence-electron chi connectivity index (χ4n) is 1.76. The molecule has 0 unspecified atom stereocenters. The molecule has 1 aromatic rings. The Morgan fingerprint density at radius 2 is 1.67 bits per heavy atom. The second-order valence-electron chi connectivity index (χ2n) is 4.58. The predicted octanol–water partition coefficient (Wildman–Crippen LogP) is 1.33. The van der Waals surface area contributed by atoms with E-state index < -0.39 is 10.0 Å². The van der Waals surface area contributed by atoms with Crippen molar-refractivity contribution in [2.75, 3.05) is 37.3 Å². The largest absolute Gasteiger partial charge is 0.484 e. The van der Waals surface area contributed by atoms with Gasteiger partial charge in [-0.3, -0.25) is 9.10 Å². The Morgan fingerprint density at radius 1 is 1.14 bits per heavy atom. The maximum atomic E-state index is 11.8. The zero-order valence-corrected chi connectivity index (χ0v) is 13.7. The molecule has 0 aliphatic heterocycles. The minimum absolute atomic E-state index is 0.0249. The van der Waals surface area contributed by atoms with Crippen LogP contribution in [-0.2, 0) is 14.8 Å². The van der Waals surface area contributed by atoms with Crippen LogP contribution in [0.1, 0.15) is 13.8 Å². The smallest absolute Gasteiger partial charge is 0.260 e. The van der Waals surface area contributed by atoms with Gasteiger partial charge in [-0.15, -0.1) is 0 Å². The summed E-state index contributed by atoms with van der Waals surface area (Å²) in [6.45, 7) is 5.10. The highest BCUT2D eigenvalue weighted by atomic mass is 32.2. The van der Waals surface area contributed by atoms with E-state index in [0.29, 0.717) is 24.5 Å². The zero-order chi connectivity index (χ0) is 16.0. The highest BCUT2D eigenvalue weighted by Crippen LogP contribution is 2.20. The third-order valence-electron chi connectivity index (χ3n) is 3.18. The molecule has 0 aliphatic carbocycles. The lowest BCUT2D eigenvalue weighted by Gasteiger charge is -2.19. The number of amides is 1. The lowest BCUT2D eigenvalue weighted by molar-refractivity contribution is -0.132. The van der Waals surface area contributed by atoms with Crippen molar-refractivity contribution < 1.29 is 17.9 Å². The van der Waals surface area contributed by atoms with Crippen LogP contribution in [0.15, 0.2) is 24.3 Å². The van der Waals surface area contributed by atoms with Crippen LogP contribution < -0.4 is 9.04 Å². The summed E-state index contributed by atoms with van der Waals surface area (Å²) in [4.78, 5) is 13.5. The lowest BCUT2D eigenvalue weighted by atomic mass is 10.3. The van der Waals surface area contributed by atoms with Crippen molar-refractivity contribution in [2.45, 2.75) is 13.8 Å². The Labute approximate surface area is 126 Å². The average molecular weight is 314 g/mol. The molecule has 0 heterocycles. The maximum Gasteiger partial charge on any atom is 0.260 e. The van der Waals surface area contributed by atoms with Crippen LogP contribution in [0.5, 0.6) is 5.75 Å². The Hall–Kier alpha value is -1.76. The summed E-state index contributed by atoms with van der Waals surface area (Å²) in [5, 5.41) is 0. The number of anilines is 1. The quantitative estimate of drug-likeness (QED) is 0.761. The van der Waals surface area contributed by atoms with Gasteiger partial charge in [-0.25, -0.2) is 8.42 Å². The molecule has 0 atom stereocenters. The molecule has 0 saturated heterocycles. The molecule has 0 bridgehead atoms. The molecule has 118 valence electrons. The molecular formula is C14H22N2O4S. The molecule has 0 spiro atoms. The first kappa shape index (κ1) is 17.3. The number of benzene rings is 1. The van der Waals surface area contributed by atoms with Crippen molar-refractivity contribution in [3.63, 3.8) is 0 Å². The van der Waals surface area contributed by atoms with Gasteiger partial charge in [0.25, 0.3) is 5.91 Å². The average Bonchev–Trinajstić information content (AvgIpc) is 2.45. The summed E-state index contributed by atoms with van der Waals surface area (Å²) in [5.41, 5.74) is 0.542. The van der Waals surface area contributed by atoms with Gasteiger partial charge in [-0.1, -0.05) is 0 Å². The molecule has 0 radical (unpaired) electrons. The SMILES string of the molecule is CCN(CC)C(=O)COc1ccc(N(C)S(C)(=O)=O)cc1. The van der Waals surface area contributed by atoms with Crippen molar-refractivity contribution >= 4 is 21.6 Å². The number of hydrogen-bond acceptors (Lipinski definition) is 4. The van der Waals surface area contributed by atoms with Gasteiger partial charge < -0.3 is 9.64 Å². The molecule has 7 heteroatoms. The van der Waals surface area contributed by atoms with E-state index in [1.54, 1.807) is 29.2 Å². The van der Waals surface area contributed by atoms with E-state index >= 15 is 0 Å². The first-order chi connectivity index (χ1) is 9.79. The Kier molecular flexibility index (Phi) is 6.02. The van der Waals surface area contributed by atoms with Gasteiger partial charge in [-0.05, 0) is 38.1 Å². The van der Waals surface area contributed by atoms with Crippen molar-refractivity contribution in [2.24, 2.45) is 0 Å². The van der Waals surface area contributed by atoms with Crippen molar-refractivity contribution in [1.29, 1.82) is 0 Å². The van der Waals surface area contributed by atoms with Crippen molar-refractivity contribution in [3.8, 4) is 5.75 Å². The molecule has 1 aromatic carbocycles. The van der Waals surface area contributed by atoms with Crippen LogP contribution in [0.25, 0.3) is 0 Å². The molecule has 0 N–H and O–H groups in total. The monoisotopic (exact) mass is 314 g/mol. The minimum Gasteiger partial charge on any atom is -0.484 e. The number of carbonyl (C=O) groups is 1. The second-order valence-corrected chi connectivity index (χ2v) is 6.59. The van der Waals surface area contributed by atoms with E-state index in [1.165, 1.54) is 11.4 Å². The highest BCUT2D eigenvalue weighted by molar-refractivity contribution is 7.92. The van der Waals surface area contributed by atoms with E-state index in [0.717, 1.165) is 6.26 Å². The zero-order valence-electron chi connectivity index (χ0n) is 12.9. The fourth-order valence-corrected chi connectivity index (χ4v) is 2.26. The Bertz CT molecular complexity index is 565. The number of rotatable bonds is 7. The molecule has 21 heavy (non-hydrogen) atoms. The number of carbonyl (C=O) groups excluding carboxylic acids is 1. The summed E-state index contributed by atoms with van der Waals surface area (Å²) in [7, 11) is -1.80. The van der Waals surface area contributed by atoms with Gasteiger partial charge in [0.15, 0.2) is 6.61 Å². The van der Waals surface area contributed by atoms with Crippen molar-refractivity contribution in [3.05, 3.63) is 24.3 Å². The van der Waals surface area contributed by atoms with E-state index in [2.05, 4.69) is 0 Å². The molecule has 6 nitrogen and oxygen atoms in total. The summed E-state index contributed by atoms with van der Waals surface area (Å²) >= 11 is 0. The number of nitrogens with zero attached hydrogens (tertiary/aromatic N) is 2. The topological polar surface area (TPSA) is 66.9 Å². The summed E-state index contributed by atoms with van der Waals surface area (Å²) in [6, 6.07) is 6.57. The Balaban J connectivity index is 2.66. The molecule has 0 aromatic heterocycles. The van der Waals surface area contributed by atoms with Gasteiger partial charge >= 0.3 is 0 Å². The fraction of sp³-hybridized carbons (Fsp3) is 0.500. The van der Waals surface area contributed by atoms with Crippen LogP contribution in [0.4, 0.5) is 5.69 Å². The van der Waals surface area contributed by atoms with Crippen molar-refractivity contribution in [1.82, 2.24) is 4.90 Å². The number of likely N-dealkylation sites (N-methyl/N-ethyl adjacent to an activating group) is 1. The van der Waals surface area contributed by atoms with Gasteiger partial charge in [0.05, 0.1) is 11.9 Å². The van der Waals surface area contributed by atoms with Crippen LogP contribution >= 0.6 is 0 Å². The predicted molar refractivity (Wildman–Crippen MR) is 83.1 cm³/mol. The van der Waals surface area contributed by atoms with Gasteiger partial charge in [-0.2, -0.15) is 0 Å². The first-order valence-electron chi connectivity index (χ1n) is 6.74. The second kappa shape index (κ2) is 7.31. The van der Waals surface area contributed by atoms with E-state index in [9.17, 15) is 13.2 Å². The van der Waals surface area contributed by atoms with E-state index in [-0.39, 0.29) is 12.5 Å². The molecule has 0 fully saturated rings.